The van der Waals surface area contributed by atoms with E-state index in [0.29, 0.717) is 0 Å². The highest BCUT2D eigenvalue weighted by molar-refractivity contribution is 5.63. The van der Waals surface area contributed by atoms with Crippen molar-refractivity contribution in [1.29, 1.82) is 0 Å². The third kappa shape index (κ3) is 5.00. The minimum Gasteiger partial charge on any atom is -0.0654 e. The van der Waals surface area contributed by atoms with E-state index in [1.54, 1.807) is 0 Å². The average Bonchev–Trinajstić information content (AvgIpc) is 2.68. The fraction of sp³-hybridized carbons (Fsp3) is 0.538. The van der Waals surface area contributed by atoms with Gasteiger partial charge in [0.2, 0.25) is 0 Å². The summed E-state index contributed by atoms with van der Waals surface area (Å²) in [6.45, 7) is 7.04. The lowest BCUT2D eigenvalue weighted by Gasteiger charge is -2.34. The standard InChI is InChI=1S/C26H36/c1-4-6-23-12-14-24(20(3)19-23)13-9-22-10-17-26(18-11-22)25-15-7-21(5-2)8-16-25/h7-8,10-11,15-18,20,23-24H,4-6,9,12-14,19H2,1-3H3. The number of hydrogen-bond donors (Lipinski definition) is 0. The number of benzene rings is 2. The first kappa shape index (κ1) is 19.2. The molecule has 0 aliphatic heterocycles. The van der Waals surface area contributed by atoms with Crippen LogP contribution in [-0.2, 0) is 12.8 Å². The topological polar surface area (TPSA) is 0 Å². The highest BCUT2D eigenvalue weighted by Gasteiger charge is 2.26. The Hall–Kier alpha value is -1.56. The molecule has 0 N–H and O–H groups in total. The van der Waals surface area contributed by atoms with Crippen molar-refractivity contribution in [3.63, 3.8) is 0 Å². The Morgan fingerprint density at radius 1 is 0.769 bits per heavy atom. The van der Waals surface area contributed by atoms with Crippen LogP contribution >= 0.6 is 0 Å². The van der Waals surface area contributed by atoms with E-state index in [1.807, 2.05) is 0 Å². The van der Waals surface area contributed by atoms with Crippen LogP contribution in [0.3, 0.4) is 0 Å². The van der Waals surface area contributed by atoms with Gasteiger partial charge in [0.15, 0.2) is 0 Å². The minimum atomic E-state index is 0.914. The van der Waals surface area contributed by atoms with Crippen molar-refractivity contribution in [3.8, 4) is 11.1 Å². The molecule has 0 radical (unpaired) electrons. The van der Waals surface area contributed by atoms with Crippen molar-refractivity contribution in [3.05, 3.63) is 59.7 Å². The third-order valence-corrected chi connectivity index (χ3v) is 6.61. The maximum atomic E-state index is 2.50. The van der Waals surface area contributed by atoms with Gasteiger partial charge in [-0.3, -0.25) is 0 Å². The van der Waals surface area contributed by atoms with E-state index in [4.69, 9.17) is 0 Å². The Bertz CT molecular complexity index is 649. The Morgan fingerprint density at radius 3 is 1.92 bits per heavy atom. The fourth-order valence-corrected chi connectivity index (χ4v) is 4.82. The summed E-state index contributed by atoms with van der Waals surface area (Å²) in [5, 5.41) is 0. The summed E-state index contributed by atoms with van der Waals surface area (Å²) in [7, 11) is 0. The molecule has 0 spiro atoms. The van der Waals surface area contributed by atoms with Crippen LogP contribution in [0.1, 0.15) is 70.4 Å². The molecule has 0 heteroatoms. The molecular weight excluding hydrogens is 312 g/mol. The first-order valence-electron chi connectivity index (χ1n) is 10.9. The molecule has 0 aromatic heterocycles. The summed E-state index contributed by atoms with van der Waals surface area (Å²) in [5.74, 6) is 2.85. The number of aryl methyl sites for hydroxylation is 2. The van der Waals surface area contributed by atoms with E-state index >= 15 is 0 Å². The lowest BCUT2D eigenvalue weighted by atomic mass is 9.72. The molecule has 0 saturated heterocycles. The smallest absolute Gasteiger partial charge is 0.0184 e. The molecule has 26 heavy (non-hydrogen) atoms. The SMILES string of the molecule is CCCC1CCC(CCc2ccc(-c3ccc(CC)cc3)cc2)C(C)C1. The molecule has 0 amide bonds. The molecule has 1 saturated carbocycles. The quantitative estimate of drug-likeness (QED) is 0.481. The van der Waals surface area contributed by atoms with E-state index in [9.17, 15) is 0 Å². The molecule has 1 aliphatic carbocycles. The van der Waals surface area contributed by atoms with Gasteiger partial charge in [0.05, 0.1) is 0 Å². The van der Waals surface area contributed by atoms with Gasteiger partial charge in [-0.25, -0.2) is 0 Å². The van der Waals surface area contributed by atoms with Crippen LogP contribution in [0.15, 0.2) is 48.5 Å². The van der Waals surface area contributed by atoms with Gasteiger partial charge in [-0.15, -0.1) is 0 Å². The van der Waals surface area contributed by atoms with Crippen LogP contribution in [0.25, 0.3) is 11.1 Å². The Balaban J connectivity index is 1.53. The molecule has 2 aromatic rings. The molecule has 0 nitrogen and oxygen atoms in total. The zero-order chi connectivity index (χ0) is 18.4. The van der Waals surface area contributed by atoms with Crippen molar-refractivity contribution in [1.82, 2.24) is 0 Å². The maximum absolute atomic E-state index is 2.50. The van der Waals surface area contributed by atoms with Crippen LogP contribution in [0.2, 0.25) is 0 Å². The Morgan fingerprint density at radius 2 is 1.38 bits per heavy atom. The summed E-state index contributed by atoms with van der Waals surface area (Å²) >= 11 is 0. The first-order valence-corrected chi connectivity index (χ1v) is 10.9. The molecule has 3 rings (SSSR count). The van der Waals surface area contributed by atoms with Gasteiger partial charge >= 0.3 is 0 Å². The Kier molecular flexibility index (Phi) is 6.94. The molecule has 2 aromatic carbocycles. The fourth-order valence-electron chi connectivity index (χ4n) is 4.82. The van der Waals surface area contributed by atoms with Crippen LogP contribution in [0.4, 0.5) is 0 Å². The van der Waals surface area contributed by atoms with Crippen molar-refractivity contribution in [2.75, 3.05) is 0 Å². The van der Waals surface area contributed by atoms with Crippen molar-refractivity contribution in [2.45, 2.75) is 72.1 Å². The molecule has 3 unspecified atom stereocenters. The maximum Gasteiger partial charge on any atom is -0.0184 e. The summed E-state index contributed by atoms with van der Waals surface area (Å²) in [4.78, 5) is 0. The molecule has 1 fully saturated rings. The lowest BCUT2D eigenvalue weighted by Crippen LogP contribution is -2.23. The molecule has 1 aliphatic rings. The van der Waals surface area contributed by atoms with Gasteiger partial charge in [-0.2, -0.15) is 0 Å². The van der Waals surface area contributed by atoms with Gasteiger partial charge < -0.3 is 0 Å². The zero-order valence-electron chi connectivity index (χ0n) is 17.0. The molecule has 3 atom stereocenters. The average molecular weight is 349 g/mol. The van der Waals surface area contributed by atoms with E-state index < -0.39 is 0 Å². The highest BCUT2D eigenvalue weighted by Crippen LogP contribution is 2.38. The second kappa shape index (κ2) is 9.40. The molecule has 0 bridgehead atoms. The highest BCUT2D eigenvalue weighted by atomic mass is 14.3. The van der Waals surface area contributed by atoms with Gasteiger partial charge in [-0.1, -0.05) is 88.6 Å². The van der Waals surface area contributed by atoms with Crippen molar-refractivity contribution >= 4 is 0 Å². The number of rotatable bonds is 7. The largest absolute Gasteiger partial charge is 0.0654 e. The summed E-state index contributed by atoms with van der Waals surface area (Å²) < 4.78 is 0. The third-order valence-electron chi connectivity index (χ3n) is 6.61. The predicted octanol–water partition coefficient (Wildman–Crippen LogP) is 7.70. The Labute approximate surface area is 161 Å². The van der Waals surface area contributed by atoms with Gasteiger partial charge in [0, 0.05) is 0 Å². The number of hydrogen-bond acceptors (Lipinski definition) is 0. The zero-order valence-corrected chi connectivity index (χ0v) is 17.0. The normalized spacial score (nSPS) is 23.1. The summed E-state index contributed by atoms with van der Waals surface area (Å²) in [6.07, 6.45) is 10.9. The van der Waals surface area contributed by atoms with Crippen LogP contribution in [0.5, 0.6) is 0 Å². The van der Waals surface area contributed by atoms with E-state index in [0.717, 1.165) is 24.2 Å². The second-order valence-electron chi connectivity index (χ2n) is 8.49. The minimum absolute atomic E-state index is 0.914. The van der Waals surface area contributed by atoms with Gasteiger partial charge in [0.1, 0.15) is 0 Å². The van der Waals surface area contributed by atoms with E-state index in [2.05, 4.69) is 69.3 Å². The molecule has 140 valence electrons. The van der Waals surface area contributed by atoms with Crippen molar-refractivity contribution < 1.29 is 0 Å². The van der Waals surface area contributed by atoms with Crippen LogP contribution in [-0.4, -0.2) is 0 Å². The van der Waals surface area contributed by atoms with Crippen LogP contribution in [0, 0.1) is 17.8 Å². The van der Waals surface area contributed by atoms with E-state index in [-0.39, 0.29) is 0 Å². The summed E-state index contributed by atoms with van der Waals surface area (Å²) in [6, 6.07) is 18.3. The second-order valence-corrected chi connectivity index (χ2v) is 8.49. The molecule has 0 heterocycles. The monoisotopic (exact) mass is 348 g/mol. The van der Waals surface area contributed by atoms with Gasteiger partial charge in [0.25, 0.3) is 0 Å². The molecular formula is C26H36. The lowest BCUT2D eigenvalue weighted by molar-refractivity contribution is 0.177. The van der Waals surface area contributed by atoms with Crippen molar-refractivity contribution in [2.24, 2.45) is 17.8 Å². The van der Waals surface area contributed by atoms with Gasteiger partial charge in [-0.05, 0) is 72.1 Å². The van der Waals surface area contributed by atoms with Crippen LogP contribution < -0.4 is 0 Å². The first-order chi connectivity index (χ1) is 12.7. The predicted molar refractivity (Wildman–Crippen MR) is 114 cm³/mol. The summed E-state index contributed by atoms with van der Waals surface area (Å²) in [5.41, 5.74) is 5.58. The van der Waals surface area contributed by atoms with E-state index in [1.165, 1.54) is 67.2 Å².